The Bertz CT molecular complexity index is 1310. The van der Waals surface area contributed by atoms with Crippen molar-refractivity contribution in [2.75, 3.05) is 7.11 Å². The highest BCUT2D eigenvalue weighted by atomic mass is 16.5. The molecule has 0 spiro atoms. The maximum Gasteiger partial charge on any atom is 0.185 e. The first kappa shape index (κ1) is 20.1. The summed E-state index contributed by atoms with van der Waals surface area (Å²) in [5, 5.41) is 13.6. The molecule has 1 aliphatic carbocycles. The van der Waals surface area contributed by atoms with Gasteiger partial charge in [-0.25, -0.2) is 4.52 Å². The fourth-order valence-electron chi connectivity index (χ4n) is 4.29. The Kier molecular flexibility index (Phi) is 5.27. The van der Waals surface area contributed by atoms with E-state index in [9.17, 15) is 4.79 Å². The predicted molar refractivity (Wildman–Crippen MR) is 124 cm³/mol. The van der Waals surface area contributed by atoms with Gasteiger partial charge in [0.1, 0.15) is 5.75 Å². The summed E-state index contributed by atoms with van der Waals surface area (Å²) in [5.74, 6) is 0.912. The number of hydrogen-bond acceptors (Lipinski definition) is 5. The van der Waals surface area contributed by atoms with E-state index in [1.807, 2.05) is 47.0 Å². The van der Waals surface area contributed by atoms with Crippen LogP contribution in [0.5, 0.6) is 5.75 Å². The molecule has 1 aliphatic rings. The molecule has 1 atom stereocenters. The van der Waals surface area contributed by atoms with Crippen LogP contribution in [0.2, 0.25) is 0 Å². The highest BCUT2D eigenvalue weighted by molar-refractivity contribution is 5.97. The summed E-state index contributed by atoms with van der Waals surface area (Å²) in [7, 11) is 1.65. The summed E-state index contributed by atoms with van der Waals surface area (Å²) in [4.78, 5) is 12.9. The van der Waals surface area contributed by atoms with E-state index >= 15 is 0 Å². The summed E-state index contributed by atoms with van der Waals surface area (Å²) in [6, 6.07) is 18.0. The third-order valence-electron chi connectivity index (χ3n) is 5.95. The molecule has 1 unspecified atom stereocenters. The molecule has 6 nitrogen and oxygen atoms in total. The first-order valence-corrected chi connectivity index (χ1v) is 10.9. The SMILES string of the molecule is CCc1nn2c3c(nnc2c1-c1ccc(OC)cc1)C(=O)CC(/C=C/c1ccccc1)C3. The van der Waals surface area contributed by atoms with Crippen LogP contribution in [0.4, 0.5) is 0 Å². The lowest BCUT2D eigenvalue weighted by molar-refractivity contribution is 0.0950. The number of carbonyl (C=O) groups excluding carboxylic acids is 1. The number of ketones is 1. The molecular weight excluding hydrogens is 400 g/mol. The van der Waals surface area contributed by atoms with Gasteiger partial charge in [-0.3, -0.25) is 4.79 Å². The summed E-state index contributed by atoms with van der Waals surface area (Å²) in [6.45, 7) is 2.07. The highest BCUT2D eigenvalue weighted by Gasteiger charge is 2.30. The fourth-order valence-corrected chi connectivity index (χ4v) is 4.29. The zero-order chi connectivity index (χ0) is 22.1. The number of methoxy groups -OCH3 is 1. The third kappa shape index (κ3) is 3.58. The molecule has 2 heterocycles. The van der Waals surface area contributed by atoms with Gasteiger partial charge in [0.2, 0.25) is 0 Å². The average molecular weight is 425 g/mol. The zero-order valence-corrected chi connectivity index (χ0v) is 18.2. The second kappa shape index (κ2) is 8.38. The molecule has 32 heavy (non-hydrogen) atoms. The Balaban J connectivity index is 1.57. The van der Waals surface area contributed by atoms with E-state index in [-0.39, 0.29) is 11.7 Å². The number of rotatable bonds is 5. The van der Waals surface area contributed by atoms with Gasteiger partial charge >= 0.3 is 0 Å². The summed E-state index contributed by atoms with van der Waals surface area (Å²) < 4.78 is 7.13. The van der Waals surface area contributed by atoms with Crippen molar-refractivity contribution in [1.82, 2.24) is 19.8 Å². The highest BCUT2D eigenvalue weighted by Crippen LogP contribution is 2.32. The Morgan fingerprint density at radius 2 is 1.84 bits per heavy atom. The maximum absolute atomic E-state index is 12.9. The van der Waals surface area contributed by atoms with Crippen molar-refractivity contribution in [3.8, 4) is 16.9 Å². The molecule has 0 saturated heterocycles. The average Bonchev–Trinajstić information content (AvgIpc) is 3.23. The van der Waals surface area contributed by atoms with E-state index in [4.69, 9.17) is 9.84 Å². The molecule has 0 fully saturated rings. The molecule has 0 N–H and O–H groups in total. The topological polar surface area (TPSA) is 69.4 Å². The minimum absolute atomic E-state index is 0.0166. The van der Waals surface area contributed by atoms with Crippen molar-refractivity contribution < 1.29 is 9.53 Å². The van der Waals surface area contributed by atoms with Crippen LogP contribution in [0, 0.1) is 5.92 Å². The minimum Gasteiger partial charge on any atom is -0.497 e. The number of fused-ring (bicyclic) bond motifs is 3. The van der Waals surface area contributed by atoms with Gasteiger partial charge in [0.15, 0.2) is 17.1 Å². The largest absolute Gasteiger partial charge is 0.497 e. The number of allylic oxidation sites excluding steroid dienone is 1. The van der Waals surface area contributed by atoms with E-state index in [1.54, 1.807) is 7.11 Å². The molecule has 6 heteroatoms. The molecule has 4 aromatic rings. The molecule has 0 bridgehead atoms. The lowest BCUT2D eigenvalue weighted by atomic mass is 9.88. The molecule has 2 aromatic carbocycles. The molecule has 0 saturated carbocycles. The Hall–Kier alpha value is -3.80. The van der Waals surface area contributed by atoms with Crippen LogP contribution in [-0.4, -0.2) is 32.7 Å². The van der Waals surface area contributed by atoms with Crippen molar-refractivity contribution >= 4 is 17.5 Å². The molecular formula is C26H24N4O2. The first-order valence-electron chi connectivity index (χ1n) is 10.9. The normalized spacial score (nSPS) is 15.9. The fraction of sp³-hybridized carbons (Fsp3) is 0.231. The van der Waals surface area contributed by atoms with E-state index in [0.717, 1.165) is 40.2 Å². The van der Waals surface area contributed by atoms with Crippen LogP contribution in [0.3, 0.4) is 0 Å². The van der Waals surface area contributed by atoms with E-state index < -0.39 is 0 Å². The smallest absolute Gasteiger partial charge is 0.185 e. The number of carbonyl (C=O) groups is 1. The van der Waals surface area contributed by atoms with Crippen LogP contribution in [0.1, 0.15) is 40.8 Å². The number of ether oxygens (including phenoxy) is 1. The van der Waals surface area contributed by atoms with Crippen LogP contribution in [0.25, 0.3) is 22.9 Å². The second-order valence-electron chi connectivity index (χ2n) is 8.00. The Morgan fingerprint density at radius 1 is 1.06 bits per heavy atom. The van der Waals surface area contributed by atoms with Gasteiger partial charge in [-0.2, -0.15) is 5.10 Å². The van der Waals surface area contributed by atoms with Crippen molar-refractivity contribution in [3.05, 3.63) is 83.3 Å². The van der Waals surface area contributed by atoms with Gasteiger partial charge < -0.3 is 4.74 Å². The third-order valence-corrected chi connectivity index (χ3v) is 5.95. The van der Waals surface area contributed by atoms with E-state index in [1.165, 1.54) is 0 Å². The zero-order valence-electron chi connectivity index (χ0n) is 18.2. The standard InChI is InChI=1S/C26H24N4O2/c1-3-21-24(19-11-13-20(32-2)14-12-19)26-28-27-25-22(30(26)29-21)15-18(16-23(25)31)10-9-17-7-5-4-6-8-17/h4-14,18H,3,15-16H2,1-2H3/b10-9+. The van der Waals surface area contributed by atoms with Crippen molar-refractivity contribution in [2.24, 2.45) is 5.92 Å². The van der Waals surface area contributed by atoms with Gasteiger partial charge in [-0.15, -0.1) is 10.2 Å². The van der Waals surface area contributed by atoms with Crippen LogP contribution in [0.15, 0.2) is 60.7 Å². The summed E-state index contributed by atoms with van der Waals surface area (Å²) in [5.41, 5.74) is 5.99. The first-order chi connectivity index (χ1) is 15.7. The van der Waals surface area contributed by atoms with Crippen molar-refractivity contribution in [1.29, 1.82) is 0 Å². The van der Waals surface area contributed by atoms with Gasteiger partial charge in [0, 0.05) is 6.42 Å². The molecule has 2 aromatic heterocycles. The van der Waals surface area contributed by atoms with Crippen LogP contribution < -0.4 is 4.74 Å². The number of aromatic nitrogens is 4. The number of benzene rings is 2. The van der Waals surface area contributed by atoms with Crippen LogP contribution >= 0.6 is 0 Å². The monoisotopic (exact) mass is 424 g/mol. The van der Waals surface area contributed by atoms with Gasteiger partial charge in [-0.05, 0) is 42.0 Å². The van der Waals surface area contributed by atoms with Crippen LogP contribution in [-0.2, 0) is 12.8 Å². The summed E-state index contributed by atoms with van der Waals surface area (Å²) in [6.07, 6.45) is 6.09. The maximum atomic E-state index is 12.9. The molecule has 0 radical (unpaired) electrons. The summed E-state index contributed by atoms with van der Waals surface area (Å²) >= 11 is 0. The minimum atomic E-state index is 0.0166. The number of hydrogen-bond donors (Lipinski definition) is 0. The molecule has 5 rings (SSSR count). The van der Waals surface area contributed by atoms with E-state index in [0.29, 0.717) is 24.2 Å². The second-order valence-corrected chi connectivity index (χ2v) is 8.00. The Morgan fingerprint density at radius 3 is 2.56 bits per heavy atom. The van der Waals surface area contributed by atoms with Crippen molar-refractivity contribution in [2.45, 2.75) is 26.2 Å². The van der Waals surface area contributed by atoms with Gasteiger partial charge in [0.05, 0.1) is 24.1 Å². The lowest BCUT2D eigenvalue weighted by Crippen LogP contribution is -2.24. The van der Waals surface area contributed by atoms with Gasteiger partial charge in [0.25, 0.3) is 0 Å². The molecule has 0 amide bonds. The molecule has 160 valence electrons. The van der Waals surface area contributed by atoms with Crippen molar-refractivity contribution in [3.63, 3.8) is 0 Å². The Labute approximate surface area is 186 Å². The predicted octanol–water partition coefficient (Wildman–Crippen LogP) is 4.82. The van der Waals surface area contributed by atoms with E-state index in [2.05, 4.69) is 41.4 Å². The lowest BCUT2D eigenvalue weighted by Gasteiger charge is -2.20. The number of aryl methyl sites for hydroxylation is 1. The molecule has 0 aliphatic heterocycles. The quantitative estimate of drug-likeness (QED) is 0.459. The van der Waals surface area contributed by atoms with Gasteiger partial charge in [-0.1, -0.05) is 61.5 Å². The number of Topliss-reactive ketones (excluding diaryl/α,β-unsaturated/α-hetero) is 1. The number of nitrogens with zero attached hydrogens (tertiary/aromatic N) is 4.